The number of amides is 1. The minimum atomic E-state index is -0.0307. The van der Waals surface area contributed by atoms with E-state index in [9.17, 15) is 4.79 Å². The number of thiazole rings is 1. The maximum absolute atomic E-state index is 12.6. The zero-order valence-corrected chi connectivity index (χ0v) is 16.3. The highest BCUT2D eigenvalue weighted by Gasteiger charge is 2.18. The number of aromatic nitrogens is 2. The number of hydrogen-bond donors (Lipinski definition) is 1. The van der Waals surface area contributed by atoms with E-state index in [1.54, 1.807) is 11.3 Å². The van der Waals surface area contributed by atoms with Crippen LogP contribution in [0.1, 0.15) is 15.2 Å². The summed E-state index contributed by atoms with van der Waals surface area (Å²) in [5.41, 5.74) is 2.28. The first-order valence-corrected chi connectivity index (χ1v) is 10.1. The Morgan fingerprint density at radius 3 is 2.88 bits per heavy atom. The van der Waals surface area contributed by atoms with Gasteiger partial charge in [-0.15, -0.1) is 22.7 Å². The van der Waals surface area contributed by atoms with E-state index < -0.39 is 0 Å². The number of fused-ring (bicyclic) bond motifs is 3. The molecule has 134 valence electrons. The number of carbonyl (C=O) groups is 1. The maximum Gasteiger partial charge on any atom is 0.261 e. The van der Waals surface area contributed by atoms with Crippen molar-refractivity contribution >= 4 is 43.9 Å². The number of nitrogens with one attached hydrogen (secondary N) is 1. The maximum atomic E-state index is 12.6. The first-order valence-electron chi connectivity index (χ1n) is 8.45. The van der Waals surface area contributed by atoms with Crippen molar-refractivity contribution < 1.29 is 4.79 Å². The summed E-state index contributed by atoms with van der Waals surface area (Å²) in [6.45, 7) is 0.608. The second-order valence-corrected chi connectivity index (χ2v) is 8.39. The predicted octanol–water partition coefficient (Wildman–Crippen LogP) is 3.51. The molecule has 4 aromatic rings. The van der Waals surface area contributed by atoms with Gasteiger partial charge in [0.05, 0.1) is 10.4 Å². The lowest BCUT2D eigenvalue weighted by Crippen LogP contribution is -2.41. The molecule has 1 N–H and O–H groups in total. The molecule has 0 unspecified atom stereocenters. The lowest BCUT2D eigenvalue weighted by Gasteiger charge is -2.24. The molecule has 0 radical (unpaired) electrons. The van der Waals surface area contributed by atoms with Gasteiger partial charge in [0.2, 0.25) is 0 Å². The van der Waals surface area contributed by atoms with Gasteiger partial charge in [0, 0.05) is 24.2 Å². The lowest BCUT2D eigenvalue weighted by molar-refractivity contribution is 0.0946. The number of thiophene rings is 1. The summed E-state index contributed by atoms with van der Waals surface area (Å²) >= 11 is 3.05. The number of carbonyl (C=O) groups excluding carboxylic acids is 1. The van der Waals surface area contributed by atoms with Crippen LogP contribution in [0.5, 0.6) is 0 Å². The minimum absolute atomic E-state index is 0.0307. The molecule has 26 heavy (non-hydrogen) atoms. The zero-order valence-electron chi connectivity index (χ0n) is 14.7. The normalized spacial score (nSPS) is 12.9. The monoisotopic (exact) mass is 384 g/mol. The minimum Gasteiger partial charge on any atom is -0.350 e. The van der Waals surface area contributed by atoms with Crippen molar-refractivity contribution in [3.8, 4) is 0 Å². The van der Waals surface area contributed by atoms with Gasteiger partial charge in [-0.3, -0.25) is 9.20 Å². The second kappa shape index (κ2) is 7.19. The van der Waals surface area contributed by atoms with E-state index in [1.165, 1.54) is 16.9 Å². The average Bonchev–Trinajstić information content (AvgIpc) is 3.31. The number of benzene rings is 1. The van der Waals surface area contributed by atoms with Gasteiger partial charge in [-0.05, 0) is 32.1 Å². The van der Waals surface area contributed by atoms with Crippen LogP contribution in [-0.2, 0) is 6.42 Å². The number of rotatable bonds is 6. The summed E-state index contributed by atoms with van der Waals surface area (Å²) < 4.78 is 2.03. The standard InChI is InChI=1S/C19H20N4OS2/c1-22(2)14(10-13-6-4-3-5-7-13)12-20-17(24)16-11-15-18(26-16)21-19-23(15)8-9-25-19/h3-9,11,14H,10,12H2,1-2H3,(H,20,24)/t14-/m0/s1. The van der Waals surface area contributed by atoms with Crippen LogP contribution >= 0.6 is 22.7 Å². The molecule has 0 aliphatic heterocycles. The Balaban J connectivity index is 1.45. The fourth-order valence-corrected chi connectivity index (χ4v) is 4.70. The summed E-state index contributed by atoms with van der Waals surface area (Å²) in [7, 11) is 4.10. The van der Waals surface area contributed by atoms with Crippen molar-refractivity contribution in [1.82, 2.24) is 19.6 Å². The molecule has 0 aliphatic carbocycles. The zero-order chi connectivity index (χ0) is 18.1. The van der Waals surface area contributed by atoms with E-state index in [0.717, 1.165) is 21.7 Å². The number of likely N-dealkylation sites (N-methyl/N-ethyl adjacent to an activating group) is 1. The Hall–Kier alpha value is -2.22. The number of nitrogens with zero attached hydrogens (tertiary/aromatic N) is 3. The molecule has 0 aliphatic rings. The first-order chi connectivity index (χ1) is 12.6. The van der Waals surface area contributed by atoms with E-state index in [1.807, 2.05) is 54.3 Å². The van der Waals surface area contributed by atoms with E-state index >= 15 is 0 Å². The van der Waals surface area contributed by atoms with Crippen LogP contribution in [0.3, 0.4) is 0 Å². The fourth-order valence-electron chi connectivity index (χ4n) is 2.98. The van der Waals surface area contributed by atoms with Crippen molar-refractivity contribution in [2.45, 2.75) is 12.5 Å². The lowest BCUT2D eigenvalue weighted by atomic mass is 10.1. The molecule has 3 aromatic heterocycles. The average molecular weight is 385 g/mol. The van der Waals surface area contributed by atoms with Gasteiger partial charge in [0.25, 0.3) is 5.91 Å². The molecule has 1 amide bonds. The Morgan fingerprint density at radius 1 is 1.31 bits per heavy atom. The third kappa shape index (κ3) is 3.38. The Kier molecular flexibility index (Phi) is 4.76. The van der Waals surface area contributed by atoms with Crippen molar-refractivity contribution in [3.05, 3.63) is 58.4 Å². The van der Waals surface area contributed by atoms with E-state index in [0.29, 0.717) is 11.4 Å². The van der Waals surface area contributed by atoms with Gasteiger partial charge in [-0.25, -0.2) is 4.98 Å². The fraction of sp³-hybridized carbons (Fsp3) is 0.263. The summed E-state index contributed by atoms with van der Waals surface area (Å²) in [5.74, 6) is -0.0307. The molecule has 0 bridgehead atoms. The van der Waals surface area contributed by atoms with Crippen LogP contribution in [0.25, 0.3) is 15.3 Å². The van der Waals surface area contributed by atoms with E-state index in [4.69, 9.17) is 0 Å². The molecular formula is C19H20N4OS2. The van der Waals surface area contributed by atoms with Crippen LogP contribution in [0.15, 0.2) is 48.0 Å². The third-order valence-corrected chi connectivity index (χ3v) is 6.28. The van der Waals surface area contributed by atoms with Crippen LogP contribution in [0.4, 0.5) is 0 Å². The first kappa shape index (κ1) is 17.2. The summed E-state index contributed by atoms with van der Waals surface area (Å²) in [6, 6.07) is 12.5. The van der Waals surface area contributed by atoms with Crippen molar-refractivity contribution in [2.24, 2.45) is 0 Å². The molecule has 0 spiro atoms. The Morgan fingerprint density at radius 2 is 2.12 bits per heavy atom. The van der Waals surface area contributed by atoms with Crippen molar-refractivity contribution in [2.75, 3.05) is 20.6 Å². The van der Waals surface area contributed by atoms with Crippen LogP contribution in [-0.4, -0.2) is 46.9 Å². The third-order valence-electron chi connectivity index (χ3n) is 4.51. The van der Waals surface area contributed by atoms with Gasteiger partial charge < -0.3 is 10.2 Å². The number of imidazole rings is 1. The Bertz CT molecular complexity index is 1030. The molecule has 1 aromatic carbocycles. The highest BCUT2D eigenvalue weighted by molar-refractivity contribution is 7.21. The Labute approximate surface area is 159 Å². The van der Waals surface area contributed by atoms with Crippen molar-refractivity contribution in [1.29, 1.82) is 0 Å². The molecule has 4 rings (SSSR count). The van der Waals surface area contributed by atoms with E-state index in [2.05, 4.69) is 27.3 Å². The quantitative estimate of drug-likeness (QED) is 0.553. The van der Waals surface area contributed by atoms with Gasteiger partial charge >= 0.3 is 0 Å². The van der Waals surface area contributed by atoms with Crippen LogP contribution in [0.2, 0.25) is 0 Å². The molecule has 0 fully saturated rings. The SMILES string of the molecule is CN(C)[C@H](CNC(=O)c1cc2c(nc3sccn32)s1)Cc1ccccc1. The predicted molar refractivity (Wildman–Crippen MR) is 108 cm³/mol. The molecule has 0 saturated heterocycles. The second-order valence-electron chi connectivity index (χ2n) is 6.49. The molecule has 7 heteroatoms. The molecule has 5 nitrogen and oxygen atoms in total. The molecular weight excluding hydrogens is 364 g/mol. The van der Waals surface area contributed by atoms with Crippen LogP contribution < -0.4 is 5.32 Å². The van der Waals surface area contributed by atoms with Crippen molar-refractivity contribution in [3.63, 3.8) is 0 Å². The summed E-state index contributed by atoms with van der Waals surface area (Å²) in [5, 5.41) is 5.09. The van der Waals surface area contributed by atoms with Gasteiger partial charge in [-0.1, -0.05) is 30.3 Å². The largest absolute Gasteiger partial charge is 0.350 e. The topological polar surface area (TPSA) is 49.6 Å². The summed E-state index contributed by atoms with van der Waals surface area (Å²) in [4.78, 5) is 21.9. The molecule has 1 atom stereocenters. The van der Waals surface area contributed by atoms with Gasteiger partial charge in [0.1, 0.15) is 4.83 Å². The number of hydrogen-bond acceptors (Lipinski definition) is 5. The molecule has 3 heterocycles. The van der Waals surface area contributed by atoms with Gasteiger partial charge in [0.15, 0.2) is 4.96 Å². The van der Waals surface area contributed by atoms with E-state index in [-0.39, 0.29) is 11.9 Å². The van der Waals surface area contributed by atoms with Crippen LogP contribution in [0, 0.1) is 0 Å². The smallest absolute Gasteiger partial charge is 0.261 e. The molecule has 0 saturated carbocycles. The summed E-state index contributed by atoms with van der Waals surface area (Å²) in [6.07, 6.45) is 2.89. The highest BCUT2D eigenvalue weighted by Crippen LogP contribution is 2.28. The van der Waals surface area contributed by atoms with Gasteiger partial charge in [-0.2, -0.15) is 0 Å². The highest BCUT2D eigenvalue weighted by atomic mass is 32.1.